The van der Waals surface area contributed by atoms with E-state index in [9.17, 15) is 1.37 Å². The zero-order valence-electron chi connectivity index (χ0n) is 31.5. The SMILES string of the molecule is [2H]C([2H])([2H])c1ccc(-c2[c-]cccc2)nc1.[2H]C1(c2ccnc(-c3[c-]ccc4c3oc3cc5c(ccc6ccccc65)cc34)c2)CCC(C)(C)CC1.[Ir]. The number of aryl methyl sites for hydroxylation is 1. The first-order valence-electron chi connectivity index (χ1n) is 18.6. The second-order valence-corrected chi connectivity index (χ2v) is 13.5. The number of fused-ring (bicyclic) bond motifs is 6. The monoisotopic (exact) mass is 819 g/mol. The van der Waals surface area contributed by atoms with Crippen molar-refractivity contribution in [1.29, 1.82) is 0 Å². The Balaban J connectivity index is 0.000000216. The minimum absolute atomic E-state index is 0. The molecule has 0 atom stereocenters. The summed E-state index contributed by atoms with van der Waals surface area (Å²) < 4.78 is 37.5. The van der Waals surface area contributed by atoms with E-state index in [1.807, 2.05) is 36.5 Å². The number of benzene rings is 5. The smallest absolute Gasteiger partial charge is 0.121 e. The topological polar surface area (TPSA) is 38.9 Å². The van der Waals surface area contributed by atoms with E-state index in [-0.39, 0.29) is 25.7 Å². The molecule has 245 valence electrons. The van der Waals surface area contributed by atoms with E-state index >= 15 is 0 Å². The molecule has 0 N–H and O–H groups in total. The van der Waals surface area contributed by atoms with Crippen molar-refractivity contribution in [3.63, 3.8) is 0 Å². The molecule has 4 heteroatoms. The van der Waals surface area contributed by atoms with Gasteiger partial charge in [-0.15, -0.1) is 54.1 Å². The first kappa shape index (κ1) is 28.2. The largest absolute Gasteiger partial charge is 0.501 e. The third-order valence-electron chi connectivity index (χ3n) is 9.68. The first-order valence-corrected chi connectivity index (χ1v) is 16.6. The number of aromatic nitrogens is 2. The summed E-state index contributed by atoms with van der Waals surface area (Å²) in [5, 5.41) is 7.03. The predicted molar refractivity (Wildman–Crippen MR) is 199 cm³/mol. The molecule has 0 unspecified atom stereocenters. The van der Waals surface area contributed by atoms with E-state index in [2.05, 4.69) is 91.6 Å². The van der Waals surface area contributed by atoms with Crippen LogP contribution in [-0.2, 0) is 20.1 Å². The summed E-state index contributed by atoms with van der Waals surface area (Å²) in [6.07, 6.45) is 7.13. The van der Waals surface area contributed by atoms with Gasteiger partial charge >= 0.3 is 0 Å². The van der Waals surface area contributed by atoms with Crippen LogP contribution in [-0.4, -0.2) is 9.97 Å². The molecule has 5 aromatic carbocycles. The molecular weight excluding hydrogens is 777 g/mol. The average Bonchev–Trinajstić information content (AvgIpc) is 3.53. The molecule has 1 saturated carbocycles. The normalized spacial score (nSPS) is 16.5. The van der Waals surface area contributed by atoms with Gasteiger partial charge in [0, 0.05) is 43.4 Å². The van der Waals surface area contributed by atoms with Crippen LogP contribution < -0.4 is 0 Å². The molecule has 0 saturated heterocycles. The van der Waals surface area contributed by atoms with E-state index < -0.39 is 12.7 Å². The molecule has 1 aliphatic carbocycles. The third kappa shape index (κ3) is 6.69. The molecule has 1 radical (unpaired) electrons. The summed E-state index contributed by atoms with van der Waals surface area (Å²) in [6, 6.07) is 42.6. The maximum absolute atomic E-state index is 9.24. The summed E-state index contributed by atoms with van der Waals surface area (Å²) in [6.45, 7) is 2.54. The maximum Gasteiger partial charge on any atom is 0.121 e. The molecule has 1 aliphatic rings. The number of rotatable bonds is 3. The molecule has 0 amide bonds. The van der Waals surface area contributed by atoms with E-state index in [0.29, 0.717) is 5.41 Å². The number of pyridine rings is 2. The minimum atomic E-state index is -2.09. The van der Waals surface area contributed by atoms with Crippen molar-refractivity contribution in [2.45, 2.75) is 52.3 Å². The molecule has 3 nitrogen and oxygen atoms in total. The van der Waals surface area contributed by atoms with Gasteiger partial charge in [0.1, 0.15) is 5.58 Å². The van der Waals surface area contributed by atoms with E-state index in [4.69, 9.17) is 13.5 Å². The fourth-order valence-electron chi connectivity index (χ4n) is 6.84. The Kier molecular flexibility index (Phi) is 7.90. The zero-order valence-corrected chi connectivity index (χ0v) is 29.9. The summed E-state index contributed by atoms with van der Waals surface area (Å²) in [4.78, 5) is 8.83. The van der Waals surface area contributed by atoms with Crippen molar-refractivity contribution >= 4 is 43.5 Å². The third-order valence-corrected chi connectivity index (χ3v) is 9.68. The number of furan rings is 1. The van der Waals surface area contributed by atoms with Crippen molar-refractivity contribution in [3.05, 3.63) is 145 Å². The van der Waals surface area contributed by atoms with E-state index in [1.54, 1.807) is 18.2 Å². The predicted octanol–water partition coefficient (Wildman–Crippen LogP) is 12.3. The zero-order chi connectivity index (χ0) is 36.1. The molecule has 49 heavy (non-hydrogen) atoms. The van der Waals surface area contributed by atoms with Gasteiger partial charge in [-0.3, -0.25) is 0 Å². The van der Waals surface area contributed by atoms with Crippen LogP contribution in [0.15, 0.2) is 126 Å². The van der Waals surface area contributed by atoms with Gasteiger partial charge in [0.05, 0.1) is 5.58 Å². The van der Waals surface area contributed by atoms with Crippen LogP contribution in [0.5, 0.6) is 0 Å². The standard InChI is InChI=1S/C33H28NO.C12H10N.Ir/c1-33(2)15-12-21(13-16-33)23-14-17-34-30(19-23)27-9-5-8-26-29-18-24-11-10-22-6-3-4-7-25(22)28(24)20-31(29)35-32(26)27;1-10-7-8-12(13-9-10)11-5-3-2-4-6-11;/h3-8,10-11,14,17-21H,12-13,15-16H2,1-2H3;2-5,7-9H,1H3;/q2*-1;/i21D;1D3;. The Morgan fingerprint density at radius 2 is 1.59 bits per heavy atom. The molecule has 1 fully saturated rings. The fraction of sp³-hybridized carbons (Fsp3) is 0.200. The maximum atomic E-state index is 9.24. The Morgan fingerprint density at radius 1 is 0.755 bits per heavy atom. The van der Waals surface area contributed by atoms with Crippen molar-refractivity contribution in [2.75, 3.05) is 0 Å². The summed E-state index contributed by atoms with van der Waals surface area (Å²) >= 11 is 0. The van der Waals surface area contributed by atoms with Gasteiger partial charge in [-0.1, -0.05) is 85.0 Å². The molecule has 0 aliphatic heterocycles. The Labute approximate surface area is 307 Å². The second kappa shape index (κ2) is 13.7. The van der Waals surface area contributed by atoms with Crippen LogP contribution in [0.4, 0.5) is 0 Å². The van der Waals surface area contributed by atoms with Crippen molar-refractivity contribution in [3.8, 4) is 22.5 Å². The van der Waals surface area contributed by atoms with Gasteiger partial charge in [0.2, 0.25) is 0 Å². The van der Waals surface area contributed by atoms with Crippen LogP contribution in [0, 0.1) is 24.4 Å². The summed E-state index contributed by atoms with van der Waals surface area (Å²) in [5.41, 5.74) is 6.57. The number of hydrogen-bond acceptors (Lipinski definition) is 3. The van der Waals surface area contributed by atoms with Crippen molar-refractivity contribution in [1.82, 2.24) is 9.97 Å². The van der Waals surface area contributed by atoms with Crippen LogP contribution in [0.1, 0.15) is 62.0 Å². The quantitative estimate of drug-likeness (QED) is 0.132. The van der Waals surface area contributed by atoms with Crippen LogP contribution in [0.3, 0.4) is 0 Å². The number of nitrogens with zero attached hydrogens (tertiary/aromatic N) is 2. The van der Waals surface area contributed by atoms with Gasteiger partial charge < -0.3 is 14.4 Å². The Bertz CT molecular complexity index is 2550. The molecule has 3 heterocycles. The van der Waals surface area contributed by atoms with E-state index in [1.165, 1.54) is 27.7 Å². The minimum Gasteiger partial charge on any atom is -0.501 e. The Hall–Kier alpha value is -4.63. The Morgan fingerprint density at radius 3 is 2.39 bits per heavy atom. The van der Waals surface area contributed by atoms with Crippen molar-refractivity contribution in [2.24, 2.45) is 5.41 Å². The molecule has 0 spiro atoms. The van der Waals surface area contributed by atoms with Gasteiger partial charge in [0.25, 0.3) is 0 Å². The molecule has 8 aromatic rings. The van der Waals surface area contributed by atoms with Gasteiger partial charge in [-0.2, -0.15) is 0 Å². The fourth-order valence-corrected chi connectivity index (χ4v) is 6.84. The van der Waals surface area contributed by atoms with Crippen LogP contribution in [0.25, 0.3) is 66.0 Å². The molecule has 9 rings (SSSR count). The second-order valence-electron chi connectivity index (χ2n) is 13.5. The van der Waals surface area contributed by atoms with Gasteiger partial charge in [-0.05, 0) is 101 Å². The van der Waals surface area contributed by atoms with E-state index in [0.717, 1.165) is 75.7 Å². The average molecular weight is 819 g/mol. The molecule has 3 aromatic heterocycles. The summed E-state index contributed by atoms with van der Waals surface area (Å²) in [5.74, 6) is -0.562. The first-order chi connectivity index (χ1) is 25.0. The molecular formula is C45H38IrN2O-2. The van der Waals surface area contributed by atoms with Gasteiger partial charge in [0.15, 0.2) is 0 Å². The number of hydrogen-bond donors (Lipinski definition) is 0. The summed E-state index contributed by atoms with van der Waals surface area (Å²) in [7, 11) is 0. The van der Waals surface area contributed by atoms with Crippen LogP contribution >= 0.6 is 0 Å². The van der Waals surface area contributed by atoms with Gasteiger partial charge in [-0.25, -0.2) is 0 Å². The van der Waals surface area contributed by atoms with Crippen LogP contribution in [0.2, 0.25) is 0 Å². The van der Waals surface area contributed by atoms with Crippen molar-refractivity contribution < 1.29 is 30.0 Å². The molecule has 0 bridgehead atoms.